The molecule has 1 aliphatic carbocycles. The van der Waals surface area contributed by atoms with Gasteiger partial charge in [0, 0.05) is 19.1 Å². The van der Waals surface area contributed by atoms with E-state index in [1.54, 1.807) is 28.6 Å². The van der Waals surface area contributed by atoms with Crippen LogP contribution in [0.1, 0.15) is 31.2 Å². The number of nitrogens with one attached hydrogen (secondary N) is 1. The van der Waals surface area contributed by atoms with Crippen LogP contribution in [0.2, 0.25) is 0 Å². The molecule has 1 unspecified atom stereocenters. The number of hydrogen-bond acceptors (Lipinski definition) is 5. The standard InChI is InChI=1S/C17H24N2O4S/c1-18-12-14-4-3-11-19(14)24(21,22)15-7-5-13(6-8-15)17(9-10-17)16(20)23-2/h5-8,14,18H,3-4,9-12H2,1-2H3. The van der Waals surface area contributed by atoms with Gasteiger partial charge in [-0.3, -0.25) is 4.79 Å². The van der Waals surface area contributed by atoms with E-state index >= 15 is 0 Å². The molecule has 1 atom stereocenters. The van der Waals surface area contributed by atoms with Gasteiger partial charge in [0.25, 0.3) is 0 Å². The summed E-state index contributed by atoms with van der Waals surface area (Å²) in [5, 5.41) is 3.06. The molecule has 1 aromatic carbocycles. The molecule has 0 bridgehead atoms. The van der Waals surface area contributed by atoms with E-state index in [0.29, 0.717) is 13.1 Å². The normalized spacial score (nSPS) is 23.2. The second kappa shape index (κ2) is 6.46. The van der Waals surface area contributed by atoms with Crippen LogP contribution in [0.25, 0.3) is 0 Å². The van der Waals surface area contributed by atoms with E-state index in [2.05, 4.69) is 5.32 Å². The lowest BCUT2D eigenvalue weighted by Gasteiger charge is -2.24. The molecular weight excluding hydrogens is 328 g/mol. The lowest BCUT2D eigenvalue weighted by atomic mass is 9.96. The van der Waals surface area contributed by atoms with Crippen LogP contribution in [0.5, 0.6) is 0 Å². The molecule has 0 radical (unpaired) electrons. The highest BCUT2D eigenvalue weighted by molar-refractivity contribution is 7.89. The number of esters is 1. The zero-order valence-electron chi connectivity index (χ0n) is 14.1. The van der Waals surface area contributed by atoms with Crippen LogP contribution >= 0.6 is 0 Å². The number of methoxy groups -OCH3 is 1. The third-order valence-corrected chi connectivity index (χ3v) is 7.07. The van der Waals surface area contributed by atoms with Gasteiger partial charge in [-0.05, 0) is 50.4 Å². The minimum atomic E-state index is -3.50. The lowest BCUT2D eigenvalue weighted by molar-refractivity contribution is -0.143. The summed E-state index contributed by atoms with van der Waals surface area (Å²) in [6.45, 7) is 1.21. The Morgan fingerprint density at radius 1 is 1.33 bits per heavy atom. The highest BCUT2D eigenvalue weighted by Crippen LogP contribution is 2.49. The fourth-order valence-electron chi connectivity index (χ4n) is 3.58. The van der Waals surface area contributed by atoms with Crippen molar-refractivity contribution >= 4 is 16.0 Å². The largest absolute Gasteiger partial charge is 0.468 e. The highest BCUT2D eigenvalue weighted by Gasteiger charge is 2.52. The topological polar surface area (TPSA) is 75.7 Å². The number of likely N-dealkylation sites (N-methyl/N-ethyl adjacent to an activating group) is 1. The SMILES string of the molecule is CNCC1CCCN1S(=O)(=O)c1ccc(C2(C(=O)OC)CC2)cc1. The summed E-state index contributed by atoms with van der Waals surface area (Å²) in [6, 6.07) is 6.73. The van der Waals surface area contributed by atoms with Gasteiger partial charge >= 0.3 is 5.97 Å². The van der Waals surface area contributed by atoms with Crippen molar-refractivity contribution in [3.05, 3.63) is 29.8 Å². The Labute approximate surface area is 143 Å². The van der Waals surface area contributed by atoms with Gasteiger partial charge in [0.1, 0.15) is 0 Å². The Hall–Kier alpha value is -1.44. The molecular formula is C17H24N2O4S. The van der Waals surface area contributed by atoms with Gasteiger partial charge in [0.2, 0.25) is 10.0 Å². The van der Waals surface area contributed by atoms with Crippen LogP contribution < -0.4 is 5.32 Å². The van der Waals surface area contributed by atoms with Crippen molar-refractivity contribution in [3.8, 4) is 0 Å². The molecule has 132 valence electrons. The first-order valence-electron chi connectivity index (χ1n) is 8.31. The molecule has 1 saturated carbocycles. The van der Waals surface area contributed by atoms with Crippen LogP contribution in [0.3, 0.4) is 0 Å². The summed E-state index contributed by atoms with van der Waals surface area (Å²) in [7, 11) is -0.282. The van der Waals surface area contributed by atoms with Crippen molar-refractivity contribution < 1.29 is 17.9 Å². The minimum Gasteiger partial charge on any atom is -0.468 e. The Morgan fingerprint density at radius 2 is 2.00 bits per heavy atom. The Morgan fingerprint density at radius 3 is 2.54 bits per heavy atom. The van der Waals surface area contributed by atoms with Gasteiger partial charge in [-0.15, -0.1) is 0 Å². The van der Waals surface area contributed by atoms with E-state index in [4.69, 9.17) is 4.74 Å². The summed E-state index contributed by atoms with van der Waals surface area (Å²) in [5.74, 6) is -0.244. The number of sulfonamides is 1. The molecule has 1 saturated heterocycles. The molecule has 24 heavy (non-hydrogen) atoms. The van der Waals surface area contributed by atoms with Crippen molar-refractivity contribution in [2.24, 2.45) is 0 Å². The quantitative estimate of drug-likeness (QED) is 0.780. The molecule has 0 aromatic heterocycles. The van der Waals surface area contributed by atoms with E-state index in [1.165, 1.54) is 7.11 Å². The third-order valence-electron chi connectivity index (χ3n) is 5.10. The molecule has 0 spiro atoms. The van der Waals surface area contributed by atoms with Crippen molar-refractivity contribution in [1.82, 2.24) is 9.62 Å². The fraction of sp³-hybridized carbons (Fsp3) is 0.588. The molecule has 7 heteroatoms. The maximum absolute atomic E-state index is 12.9. The smallest absolute Gasteiger partial charge is 0.316 e. The summed E-state index contributed by atoms with van der Waals surface area (Å²) in [6.07, 6.45) is 3.27. The van der Waals surface area contributed by atoms with Crippen molar-refractivity contribution in [2.75, 3.05) is 27.2 Å². The minimum absolute atomic E-state index is 0.00419. The molecule has 1 aromatic rings. The van der Waals surface area contributed by atoms with E-state index in [1.807, 2.05) is 7.05 Å². The molecule has 3 rings (SSSR count). The number of nitrogens with zero attached hydrogens (tertiary/aromatic N) is 1. The summed E-state index contributed by atoms with van der Waals surface area (Å²) >= 11 is 0. The van der Waals surface area contributed by atoms with Crippen molar-refractivity contribution in [3.63, 3.8) is 0 Å². The second-order valence-corrected chi connectivity index (χ2v) is 8.46. The van der Waals surface area contributed by atoms with Crippen LogP contribution in [0.15, 0.2) is 29.2 Å². The summed E-state index contributed by atoms with van der Waals surface area (Å²) in [4.78, 5) is 12.2. The van der Waals surface area contributed by atoms with Crippen LogP contribution in [-0.2, 0) is 25.0 Å². The van der Waals surface area contributed by atoms with Gasteiger partial charge in [-0.1, -0.05) is 12.1 Å². The maximum atomic E-state index is 12.9. The first kappa shape index (κ1) is 17.4. The number of benzene rings is 1. The first-order chi connectivity index (χ1) is 11.5. The van der Waals surface area contributed by atoms with E-state index in [-0.39, 0.29) is 16.9 Å². The number of carbonyl (C=O) groups is 1. The first-order valence-corrected chi connectivity index (χ1v) is 9.75. The summed E-state index contributed by atoms with van der Waals surface area (Å²) < 4.78 is 32.3. The van der Waals surface area contributed by atoms with E-state index < -0.39 is 15.4 Å². The maximum Gasteiger partial charge on any atom is 0.316 e. The molecule has 2 fully saturated rings. The van der Waals surface area contributed by atoms with Gasteiger partial charge in [-0.25, -0.2) is 8.42 Å². The molecule has 2 aliphatic rings. The predicted octanol–water partition coefficient (Wildman–Crippen LogP) is 1.26. The molecule has 6 nitrogen and oxygen atoms in total. The fourth-order valence-corrected chi connectivity index (χ4v) is 5.27. The molecule has 1 heterocycles. The Balaban J connectivity index is 1.84. The number of rotatable bonds is 6. The van der Waals surface area contributed by atoms with Gasteiger partial charge in [0.05, 0.1) is 17.4 Å². The molecule has 0 amide bonds. The monoisotopic (exact) mass is 352 g/mol. The number of ether oxygens (including phenoxy) is 1. The average molecular weight is 352 g/mol. The van der Waals surface area contributed by atoms with Crippen LogP contribution in [0, 0.1) is 0 Å². The van der Waals surface area contributed by atoms with Gasteiger partial charge in [0.15, 0.2) is 0 Å². The van der Waals surface area contributed by atoms with Crippen molar-refractivity contribution in [1.29, 1.82) is 0 Å². The van der Waals surface area contributed by atoms with Gasteiger partial charge < -0.3 is 10.1 Å². The highest BCUT2D eigenvalue weighted by atomic mass is 32.2. The Bertz CT molecular complexity index is 711. The zero-order valence-corrected chi connectivity index (χ0v) is 14.9. The molecule has 1 N–H and O–H groups in total. The molecule has 1 aliphatic heterocycles. The predicted molar refractivity (Wildman–Crippen MR) is 90.2 cm³/mol. The van der Waals surface area contributed by atoms with Crippen LogP contribution in [0.4, 0.5) is 0 Å². The number of hydrogen-bond donors (Lipinski definition) is 1. The van der Waals surface area contributed by atoms with Crippen molar-refractivity contribution in [2.45, 2.75) is 42.0 Å². The zero-order chi connectivity index (χ0) is 17.4. The second-order valence-electron chi connectivity index (χ2n) is 6.57. The van der Waals surface area contributed by atoms with E-state index in [9.17, 15) is 13.2 Å². The summed E-state index contributed by atoms with van der Waals surface area (Å²) in [5.41, 5.74) is 0.265. The third kappa shape index (κ3) is 2.85. The Kier molecular flexibility index (Phi) is 4.68. The number of carbonyl (C=O) groups excluding carboxylic acids is 1. The lowest BCUT2D eigenvalue weighted by Crippen LogP contribution is -2.40. The van der Waals surface area contributed by atoms with Gasteiger partial charge in [-0.2, -0.15) is 4.31 Å². The van der Waals surface area contributed by atoms with E-state index in [0.717, 1.165) is 31.2 Å². The van der Waals surface area contributed by atoms with Crippen LogP contribution in [-0.4, -0.2) is 52.0 Å². The average Bonchev–Trinajstić information content (AvgIpc) is 3.27.